The van der Waals surface area contributed by atoms with E-state index >= 15 is 4.39 Å². The number of aromatic nitrogens is 5. The van der Waals surface area contributed by atoms with Crippen LogP contribution in [0.2, 0.25) is 5.15 Å². The van der Waals surface area contributed by atoms with Crippen LogP contribution in [0, 0.1) is 5.82 Å². The summed E-state index contributed by atoms with van der Waals surface area (Å²) in [6, 6.07) is 1.97. The average Bonchev–Trinajstić information content (AvgIpc) is 3.59. The number of alkyl halides is 1. The SMILES string of the molecule is C[C@@H]1CCCc2cc3n[nH]c(Cl)c3c(-c3nc4c5c(nc(OC[C@@]67CCCN6C[C@H](F)C7)nc5c3F)N3CCCOC[C@H]3CO4)c21. The summed E-state index contributed by atoms with van der Waals surface area (Å²) in [7, 11) is 0. The number of halogens is 3. The van der Waals surface area contributed by atoms with Gasteiger partial charge >= 0.3 is 6.01 Å². The van der Waals surface area contributed by atoms with Gasteiger partial charge in [-0.3, -0.25) is 10.00 Å². The van der Waals surface area contributed by atoms with Crippen LogP contribution in [0.3, 0.4) is 0 Å². The molecule has 3 saturated heterocycles. The Morgan fingerprint density at radius 2 is 2.07 bits per heavy atom. The molecule has 3 fully saturated rings. The van der Waals surface area contributed by atoms with Gasteiger partial charge in [-0.15, -0.1) is 0 Å². The van der Waals surface area contributed by atoms with E-state index in [-0.39, 0.29) is 41.7 Å². The highest BCUT2D eigenvalue weighted by Gasteiger charge is 2.49. The van der Waals surface area contributed by atoms with Crippen molar-refractivity contribution in [3.8, 4) is 23.1 Å². The van der Waals surface area contributed by atoms with Crippen molar-refractivity contribution in [2.24, 2.45) is 0 Å². The van der Waals surface area contributed by atoms with E-state index in [4.69, 9.17) is 40.8 Å². The molecule has 10 nitrogen and oxygen atoms in total. The lowest BCUT2D eigenvalue weighted by atomic mass is 9.79. The Balaban J connectivity index is 1.26. The summed E-state index contributed by atoms with van der Waals surface area (Å²) < 4.78 is 50.5. The standard InChI is InChI=1S/C33H36ClF2N7O3/c1-17-5-2-6-18-11-21-23(29(34)41-40-21)24(22(17)18)27-26(36)28-25-30(43-9-4-10-44-14-20(43)15-45-31(25)37-27)39-32(38-28)46-16-33-7-3-8-42(33)13-19(35)12-33/h11,17,19-20H,2-10,12-16H2,1H3,(H,40,41)/t17-,19-,20+,33+/m1/s1. The number of hydrogen-bond donors (Lipinski definition) is 1. The van der Waals surface area contributed by atoms with E-state index in [1.54, 1.807) is 0 Å². The molecular weight excluding hydrogens is 616 g/mol. The van der Waals surface area contributed by atoms with Crippen LogP contribution in [-0.4, -0.2) is 93.9 Å². The van der Waals surface area contributed by atoms with Crippen LogP contribution in [0.15, 0.2) is 6.07 Å². The van der Waals surface area contributed by atoms with E-state index in [9.17, 15) is 4.39 Å². The Morgan fingerprint density at radius 1 is 1.15 bits per heavy atom. The fourth-order valence-electron chi connectivity index (χ4n) is 8.69. The molecule has 4 aliphatic heterocycles. The van der Waals surface area contributed by atoms with Crippen LogP contribution in [0.4, 0.5) is 14.6 Å². The number of nitrogens with one attached hydrogen (secondary N) is 1. The fourth-order valence-corrected chi connectivity index (χ4v) is 8.92. The molecule has 1 aliphatic carbocycles. The number of nitrogens with zero attached hydrogens (tertiary/aromatic N) is 6. The molecule has 242 valence electrons. The zero-order valence-corrected chi connectivity index (χ0v) is 26.5. The lowest BCUT2D eigenvalue weighted by molar-refractivity contribution is 0.107. The zero-order valence-electron chi connectivity index (χ0n) is 25.8. The van der Waals surface area contributed by atoms with Gasteiger partial charge in [0, 0.05) is 37.1 Å². The van der Waals surface area contributed by atoms with Crippen molar-refractivity contribution in [3.05, 3.63) is 28.2 Å². The first-order valence-electron chi connectivity index (χ1n) is 16.5. The number of aryl methyl sites for hydroxylation is 1. The highest BCUT2D eigenvalue weighted by molar-refractivity contribution is 6.35. The quantitative estimate of drug-likeness (QED) is 0.296. The Morgan fingerprint density at radius 3 is 2.98 bits per heavy atom. The minimum Gasteiger partial charge on any atom is -0.475 e. The van der Waals surface area contributed by atoms with Gasteiger partial charge < -0.3 is 19.1 Å². The number of aromatic amines is 1. The maximum atomic E-state index is 17.3. The summed E-state index contributed by atoms with van der Waals surface area (Å²) in [5.74, 6) is 0.369. The minimum atomic E-state index is -0.888. The van der Waals surface area contributed by atoms with Crippen LogP contribution >= 0.6 is 11.6 Å². The molecule has 7 heterocycles. The van der Waals surface area contributed by atoms with Crippen LogP contribution in [0.1, 0.15) is 62.5 Å². The Bertz CT molecular complexity index is 1870. The van der Waals surface area contributed by atoms with E-state index in [1.807, 2.05) is 0 Å². The Hall–Kier alpha value is -3.35. The van der Waals surface area contributed by atoms with Gasteiger partial charge in [-0.2, -0.15) is 15.1 Å². The van der Waals surface area contributed by atoms with E-state index in [1.165, 1.54) is 0 Å². The van der Waals surface area contributed by atoms with E-state index in [2.05, 4.69) is 33.0 Å². The average molecular weight is 652 g/mol. The number of ether oxygens (including phenoxy) is 3. The van der Waals surface area contributed by atoms with Crippen LogP contribution in [0.25, 0.3) is 33.1 Å². The van der Waals surface area contributed by atoms with Crippen LogP contribution < -0.4 is 14.4 Å². The van der Waals surface area contributed by atoms with Gasteiger partial charge in [-0.05, 0) is 68.2 Å². The second-order valence-corrected chi connectivity index (χ2v) is 14.0. The van der Waals surface area contributed by atoms with Gasteiger partial charge in [0.2, 0.25) is 5.88 Å². The number of benzene rings is 1. The van der Waals surface area contributed by atoms with Gasteiger partial charge in [-0.25, -0.2) is 13.8 Å². The van der Waals surface area contributed by atoms with Crippen molar-refractivity contribution < 1.29 is 23.0 Å². The predicted octanol–water partition coefficient (Wildman–Crippen LogP) is 5.74. The van der Waals surface area contributed by atoms with E-state index < -0.39 is 17.5 Å². The van der Waals surface area contributed by atoms with Gasteiger partial charge in [0.05, 0.1) is 23.7 Å². The summed E-state index contributed by atoms with van der Waals surface area (Å²) in [5, 5.41) is 8.71. The highest BCUT2D eigenvalue weighted by atomic mass is 35.5. The normalized spacial score (nSPS) is 27.7. The molecule has 0 unspecified atom stereocenters. The molecule has 0 amide bonds. The fraction of sp³-hybridized carbons (Fsp3) is 0.576. The molecule has 3 aromatic heterocycles. The molecule has 0 spiro atoms. The molecule has 5 aliphatic rings. The largest absolute Gasteiger partial charge is 0.475 e. The van der Waals surface area contributed by atoms with Gasteiger partial charge in [0.1, 0.15) is 47.0 Å². The molecular formula is C33H36ClF2N7O3. The summed E-state index contributed by atoms with van der Waals surface area (Å²) in [6.45, 7) is 5.66. The third-order valence-electron chi connectivity index (χ3n) is 10.8. The molecule has 4 aromatic rings. The number of hydrogen-bond acceptors (Lipinski definition) is 9. The van der Waals surface area contributed by atoms with E-state index in [0.29, 0.717) is 72.2 Å². The first-order chi connectivity index (χ1) is 22.4. The third kappa shape index (κ3) is 4.39. The van der Waals surface area contributed by atoms with Crippen molar-refractivity contribution >= 4 is 39.2 Å². The van der Waals surface area contributed by atoms with Gasteiger partial charge in [0.15, 0.2) is 5.82 Å². The topological polar surface area (TPSA) is 102 Å². The number of H-pyrrole nitrogens is 1. The summed E-state index contributed by atoms with van der Waals surface area (Å²) in [4.78, 5) is 18.8. The molecule has 9 rings (SSSR count). The molecule has 1 N–H and O–H groups in total. The van der Waals surface area contributed by atoms with E-state index in [0.717, 1.165) is 56.2 Å². The molecule has 1 aromatic carbocycles. The Labute approximate surface area is 269 Å². The predicted molar refractivity (Wildman–Crippen MR) is 169 cm³/mol. The molecule has 4 atom stereocenters. The molecule has 13 heteroatoms. The molecule has 0 radical (unpaired) electrons. The van der Waals surface area contributed by atoms with Gasteiger partial charge in [-0.1, -0.05) is 18.5 Å². The third-order valence-corrected chi connectivity index (χ3v) is 11.1. The molecule has 0 saturated carbocycles. The summed E-state index contributed by atoms with van der Waals surface area (Å²) in [5.41, 5.74) is 3.26. The lowest BCUT2D eigenvalue weighted by Gasteiger charge is -2.31. The maximum Gasteiger partial charge on any atom is 0.319 e. The van der Waals surface area contributed by atoms with Crippen molar-refractivity contribution in [2.75, 3.05) is 51.0 Å². The molecule has 46 heavy (non-hydrogen) atoms. The first-order valence-corrected chi connectivity index (χ1v) is 16.9. The summed E-state index contributed by atoms with van der Waals surface area (Å²) in [6.07, 6.45) is 5.02. The van der Waals surface area contributed by atoms with Crippen molar-refractivity contribution in [3.63, 3.8) is 0 Å². The number of rotatable bonds is 4. The van der Waals surface area contributed by atoms with Gasteiger partial charge in [0.25, 0.3) is 0 Å². The zero-order chi connectivity index (χ0) is 31.2. The monoisotopic (exact) mass is 651 g/mol. The second kappa shape index (κ2) is 10.8. The number of pyridine rings is 1. The maximum absolute atomic E-state index is 17.3. The number of fused-ring (bicyclic) bond motifs is 5. The van der Waals surface area contributed by atoms with Crippen molar-refractivity contribution in [1.82, 2.24) is 30.0 Å². The Kier molecular flexibility index (Phi) is 6.80. The lowest BCUT2D eigenvalue weighted by Crippen LogP contribution is -2.43. The first kappa shape index (κ1) is 28.8. The summed E-state index contributed by atoms with van der Waals surface area (Å²) >= 11 is 6.71. The number of anilines is 1. The van der Waals surface area contributed by atoms with Crippen LogP contribution in [-0.2, 0) is 11.2 Å². The molecule has 0 bridgehead atoms. The minimum absolute atomic E-state index is 0.0637. The smallest absolute Gasteiger partial charge is 0.319 e. The van der Waals surface area contributed by atoms with Crippen molar-refractivity contribution in [1.29, 1.82) is 0 Å². The highest BCUT2D eigenvalue weighted by Crippen LogP contribution is 2.48. The van der Waals surface area contributed by atoms with Crippen molar-refractivity contribution in [2.45, 2.75) is 75.5 Å². The van der Waals surface area contributed by atoms with Crippen LogP contribution in [0.5, 0.6) is 11.9 Å². The second-order valence-electron chi connectivity index (χ2n) is 13.6.